The van der Waals surface area contributed by atoms with E-state index < -0.39 is 0 Å². The Bertz CT molecular complexity index is 349. The molecule has 0 unspecified atom stereocenters. The number of nitrogens with one attached hydrogen (secondary N) is 1. The van der Waals surface area contributed by atoms with E-state index in [2.05, 4.69) is 24.1 Å². The van der Waals surface area contributed by atoms with Crippen molar-refractivity contribution in [2.75, 3.05) is 29.9 Å². The zero-order chi connectivity index (χ0) is 10.8. The molecule has 0 fully saturated rings. The highest BCUT2D eigenvalue weighted by atomic mass is 19.1. The molecule has 1 aliphatic rings. The van der Waals surface area contributed by atoms with Gasteiger partial charge in [0.1, 0.15) is 5.82 Å². The van der Waals surface area contributed by atoms with Crippen molar-refractivity contribution >= 4 is 11.4 Å². The summed E-state index contributed by atoms with van der Waals surface area (Å²) in [5, 5.41) is 3.12. The maximum absolute atomic E-state index is 13.5. The summed E-state index contributed by atoms with van der Waals surface area (Å²) in [6.07, 6.45) is 0. The van der Waals surface area contributed by atoms with Crippen molar-refractivity contribution in [3.8, 4) is 0 Å². The first-order valence-corrected chi connectivity index (χ1v) is 5.46. The quantitative estimate of drug-likeness (QED) is 0.804. The summed E-state index contributed by atoms with van der Waals surface area (Å²) < 4.78 is 13.5. The van der Waals surface area contributed by atoms with E-state index in [9.17, 15) is 4.39 Å². The van der Waals surface area contributed by atoms with Gasteiger partial charge in [-0.1, -0.05) is 19.9 Å². The van der Waals surface area contributed by atoms with E-state index in [1.54, 1.807) is 6.07 Å². The number of hydrogen-bond acceptors (Lipinski definition) is 2. The number of nitrogens with zero attached hydrogens (tertiary/aromatic N) is 1. The molecule has 1 N–H and O–H groups in total. The third-order valence-corrected chi connectivity index (χ3v) is 2.60. The minimum Gasteiger partial charge on any atom is -0.379 e. The lowest BCUT2D eigenvalue weighted by Gasteiger charge is -2.33. The van der Waals surface area contributed by atoms with Gasteiger partial charge in [-0.3, -0.25) is 0 Å². The van der Waals surface area contributed by atoms with E-state index in [1.165, 1.54) is 6.07 Å². The molecule has 0 saturated heterocycles. The molecular weight excluding hydrogens is 191 g/mol. The summed E-state index contributed by atoms with van der Waals surface area (Å²) >= 11 is 0. The topological polar surface area (TPSA) is 15.3 Å². The molecule has 1 aliphatic heterocycles. The monoisotopic (exact) mass is 208 g/mol. The fourth-order valence-corrected chi connectivity index (χ4v) is 2.02. The van der Waals surface area contributed by atoms with Gasteiger partial charge in [0.15, 0.2) is 0 Å². The summed E-state index contributed by atoms with van der Waals surface area (Å²) in [6, 6.07) is 5.26. The number of anilines is 2. The van der Waals surface area contributed by atoms with Crippen LogP contribution in [0.5, 0.6) is 0 Å². The van der Waals surface area contributed by atoms with Crippen LogP contribution in [-0.2, 0) is 0 Å². The van der Waals surface area contributed by atoms with Crippen LogP contribution < -0.4 is 10.2 Å². The number of halogens is 1. The van der Waals surface area contributed by atoms with E-state index in [0.29, 0.717) is 11.6 Å². The van der Waals surface area contributed by atoms with Gasteiger partial charge in [-0.05, 0) is 18.1 Å². The molecule has 1 aromatic carbocycles. The molecule has 2 nitrogen and oxygen atoms in total. The normalized spacial score (nSPS) is 15.1. The summed E-state index contributed by atoms with van der Waals surface area (Å²) in [4.78, 5) is 2.25. The van der Waals surface area contributed by atoms with Gasteiger partial charge < -0.3 is 10.2 Å². The van der Waals surface area contributed by atoms with Gasteiger partial charge in [0.2, 0.25) is 0 Å². The Labute approximate surface area is 90.1 Å². The molecule has 0 saturated carbocycles. The van der Waals surface area contributed by atoms with Gasteiger partial charge in [-0.15, -0.1) is 0 Å². The average Bonchev–Trinajstić information content (AvgIpc) is 2.19. The minimum absolute atomic E-state index is 0.152. The van der Waals surface area contributed by atoms with Crippen LogP contribution in [0.4, 0.5) is 15.8 Å². The first-order valence-electron chi connectivity index (χ1n) is 5.46. The molecule has 15 heavy (non-hydrogen) atoms. The average molecular weight is 208 g/mol. The molecule has 0 spiro atoms. The highest BCUT2D eigenvalue weighted by Gasteiger charge is 2.19. The third-order valence-electron chi connectivity index (χ3n) is 2.60. The van der Waals surface area contributed by atoms with Crippen molar-refractivity contribution in [1.82, 2.24) is 0 Å². The largest absolute Gasteiger partial charge is 0.379 e. The summed E-state index contributed by atoms with van der Waals surface area (Å²) in [6.45, 7) is 7.12. The van der Waals surface area contributed by atoms with Crippen molar-refractivity contribution in [1.29, 1.82) is 0 Å². The number of para-hydroxylation sites is 1. The predicted molar refractivity (Wildman–Crippen MR) is 61.9 cm³/mol. The van der Waals surface area contributed by atoms with E-state index in [4.69, 9.17) is 0 Å². The SMILES string of the molecule is CC(C)CN1CCNc2c(F)cccc21. The minimum atomic E-state index is -0.152. The smallest absolute Gasteiger partial charge is 0.148 e. The second-order valence-electron chi connectivity index (χ2n) is 4.40. The van der Waals surface area contributed by atoms with Crippen LogP contribution in [0.1, 0.15) is 13.8 Å². The zero-order valence-corrected chi connectivity index (χ0v) is 9.26. The maximum Gasteiger partial charge on any atom is 0.148 e. The van der Waals surface area contributed by atoms with Crippen LogP contribution in [0.25, 0.3) is 0 Å². The van der Waals surface area contributed by atoms with Crippen molar-refractivity contribution in [2.24, 2.45) is 5.92 Å². The lowest BCUT2D eigenvalue weighted by Crippen LogP contribution is -2.36. The van der Waals surface area contributed by atoms with Gasteiger partial charge in [-0.2, -0.15) is 0 Å². The van der Waals surface area contributed by atoms with E-state index in [-0.39, 0.29) is 5.82 Å². The van der Waals surface area contributed by atoms with Gasteiger partial charge in [0, 0.05) is 19.6 Å². The summed E-state index contributed by atoms with van der Waals surface area (Å²) in [5.41, 5.74) is 1.65. The summed E-state index contributed by atoms with van der Waals surface area (Å²) in [7, 11) is 0. The van der Waals surface area contributed by atoms with Crippen molar-refractivity contribution in [3.05, 3.63) is 24.0 Å². The van der Waals surface area contributed by atoms with Gasteiger partial charge in [0.05, 0.1) is 11.4 Å². The second kappa shape index (κ2) is 4.09. The lowest BCUT2D eigenvalue weighted by atomic mass is 10.1. The molecule has 0 bridgehead atoms. The van der Waals surface area contributed by atoms with Crippen LogP contribution in [0, 0.1) is 11.7 Å². The van der Waals surface area contributed by atoms with Crippen molar-refractivity contribution in [3.63, 3.8) is 0 Å². The molecule has 82 valence electrons. The fourth-order valence-electron chi connectivity index (χ4n) is 2.02. The Morgan fingerprint density at radius 1 is 1.47 bits per heavy atom. The van der Waals surface area contributed by atoms with Crippen LogP contribution in [-0.4, -0.2) is 19.6 Å². The number of benzene rings is 1. The Morgan fingerprint density at radius 3 is 3.00 bits per heavy atom. The Kier molecular flexibility index (Phi) is 2.80. The molecule has 1 aromatic rings. The van der Waals surface area contributed by atoms with Crippen LogP contribution in [0.2, 0.25) is 0 Å². The van der Waals surface area contributed by atoms with E-state index in [0.717, 1.165) is 25.3 Å². The maximum atomic E-state index is 13.5. The highest BCUT2D eigenvalue weighted by Crippen LogP contribution is 2.31. The molecule has 1 heterocycles. The molecule has 0 amide bonds. The van der Waals surface area contributed by atoms with Gasteiger partial charge in [-0.25, -0.2) is 4.39 Å². The lowest BCUT2D eigenvalue weighted by molar-refractivity contribution is 0.597. The molecule has 0 radical (unpaired) electrons. The predicted octanol–water partition coefficient (Wildman–Crippen LogP) is 2.71. The highest BCUT2D eigenvalue weighted by molar-refractivity contribution is 5.72. The van der Waals surface area contributed by atoms with Gasteiger partial charge in [0.25, 0.3) is 0 Å². The number of rotatable bonds is 2. The molecule has 0 aliphatic carbocycles. The molecule has 2 rings (SSSR count). The Balaban J connectivity index is 2.30. The fraction of sp³-hybridized carbons (Fsp3) is 0.500. The first-order chi connectivity index (χ1) is 7.18. The molecular formula is C12H17FN2. The summed E-state index contributed by atoms with van der Waals surface area (Å²) in [5.74, 6) is 0.445. The first kappa shape index (κ1) is 10.3. The number of hydrogen-bond donors (Lipinski definition) is 1. The Morgan fingerprint density at radius 2 is 2.27 bits per heavy atom. The molecule has 3 heteroatoms. The van der Waals surface area contributed by atoms with E-state index >= 15 is 0 Å². The standard InChI is InChI=1S/C12H17FN2/c1-9(2)8-15-7-6-14-12-10(13)4-3-5-11(12)15/h3-5,9,14H,6-8H2,1-2H3. The van der Waals surface area contributed by atoms with Crippen molar-refractivity contribution in [2.45, 2.75) is 13.8 Å². The Hall–Kier alpha value is -1.25. The van der Waals surface area contributed by atoms with Crippen LogP contribution in [0.3, 0.4) is 0 Å². The molecule has 0 aromatic heterocycles. The van der Waals surface area contributed by atoms with Crippen LogP contribution in [0.15, 0.2) is 18.2 Å². The van der Waals surface area contributed by atoms with Crippen molar-refractivity contribution < 1.29 is 4.39 Å². The zero-order valence-electron chi connectivity index (χ0n) is 9.26. The second-order valence-corrected chi connectivity index (χ2v) is 4.40. The van der Waals surface area contributed by atoms with Crippen LogP contribution >= 0.6 is 0 Å². The molecule has 0 atom stereocenters. The number of fused-ring (bicyclic) bond motifs is 1. The third kappa shape index (κ3) is 2.06. The van der Waals surface area contributed by atoms with E-state index in [1.807, 2.05) is 6.07 Å². The van der Waals surface area contributed by atoms with Gasteiger partial charge >= 0.3 is 0 Å².